The molecule has 1 atom stereocenters. The monoisotopic (exact) mass is 239 g/mol. The summed E-state index contributed by atoms with van der Waals surface area (Å²) < 4.78 is 7.43. The van der Waals surface area contributed by atoms with Crippen LogP contribution in [0.2, 0.25) is 0 Å². The van der Waals surface area contributed by atoms with Crippen molar-refractivity contribution in [3.63, 3.8) is 0 Å². The molecule has 0 amide bonds. The minimum Gasteiger partial charge on any atom is -0.375 e. The lowest BCUT2D eigenvalue weighted by Gasteiger charge is -2.22. The van der Waals surface area contributed by atoms with Gasteiger partial charge in [-0.1, -0.05) is 11.3 Å². The molecule has 0 radical (unpaired) electrons. The summed E-state index contributed by atoms with van der Waals surface area (Å²) in [5, 5.41) is 16.8. The van der Waals surface area contributed by atoms with E-state index in [0.717, 1.165) is 41.9 Å². The number of nitrogens with zero attached hydrogens (tertiary/aromatic N) is 4. The summed E-state index contributed by atoms with van der Waals surface area (Å²) in [4.78, 5) is 0.858. The SMILES string of the molecule is Cc1nnc2sc(CC3CNCCO3)nn12. The van der Waals surface area contributed by atoms with Gasteiger partial charge in [0.25, 0.3) is 0 Å². The summed E-state index contributed by atoms with van der Waals surface area (Å²) in [7, 11) is 0. The van der Waals surface area contributed by atoms with Gasteiger partial charge in [0.1, 0.15) is 5.01 Å². The van der Waals surface area contributed by atoms with Crippen LogP contribution >= 0.6 is 11.3 Å². The van der Waals surface area contributed by atoms with Crippen molar-refractivity contribution in [1.82, 2.24) is 25.1 Å². The highest BCUT2D eigenvalue weighted by Gasteiger charge is 2.17. The second-order valence-electron chi connectivity index (χ2n) is 3.84. The van der Waals surface area contributed by atoms with Crippen molar-refractivity contribution < 1.29 is 4.74 Å². The maximum Gasteiger partial charge on any atom is 0.234 e. The standard InChI is InChI=1S/C9H13N5OS/c1-6-11-12-9-14(6)13-8(16-9)4-7-5-10-2-3-15-7/h7,10H,2-5H2,1H3. The lowest BCUT2D eigenvalue weighted by molar-refractivity contribution is 0.0291. The Kier molecular flexibility index (Phi) is 2.58. The van der Waals surface area contributed by atoms with E-state index in [0.29, 0.717) is 0 Å². The van der Waals surface area contributed by atoms with Crippen LogP contribution in [0.5, 0.6) is 0 Å². The van der Waals surface area contributed by atoms with Crippen molar-refractivity contribution in [2.45, 2.75) is 19.4 Å². The molecule has 1 fully saturated rings. The summed E-state index contributed by atoms with van der Waals surface area (Å²) in [5.74, 6) is 0.834. The van der Waals surface area contributed by atoms with E-state index in [9.17, 15) is 0 Å². The van der Waals surface area contributed by atoms with Crippen LogP contribution in [0.4, 0.5) is 0 Å². The maximum atomic E-state index is 5.64. The number of ether oxygens (including phenoxy) is 1. The predicted molar refractivity (Wildman–Crippen MR) is 59.7 cm³/mol. The first kappa shape index (κ1) is 10.1. The zero-order chi connectivity index (χ0) is 11.0. The van der Waals surface area contributed by atoms with Gasteiger partial charge in [0.15, 0.2) is 5.82 Å². The predicted octanol–water partition coefficient (Wildman–Crippen LogP) is 0.0251. The van der Waals surface area contributed by atoms with Crippen LogP contribution in [0.1, 0.15) is 10.8 Å². The molecule has 1 unspecified atom stereocenters. The van der Waals surface area contributed by atoms with Crippen LogP contribution in [-0.4, -0.2) is 45.6 Å². The highest BCUT2D eigenvalue weighted by Crippen LogP contribution is 2.16. The second kappa shape index (κ2) is 4.08. The van der Waals surface area contributed by atoms with Crippen molar-refractivity contribution >= 4 is 16.3 Å². The summed E-state index contributed by atoms with van der Waals surface area (Å²) >= 11 is 1.58. The van der Waals surface area contributed by atoms with Gasteiger partial charge in [-0.15, -0.1) is 10.2 Å². The van der Waals surface area contributed by atoms with Crippen LogP contribution < -0.4 is 5.32 Å². The zero-order valence-corrected chi connectivity index (χ0v) is 9.83. The number of nitrogens with one attached hydrogen (secondary N) is 1. The molecule has 1 saturated heterocycles. The third-order valence-corrected chi connectivity index (χ3v) is 3.52. The van der Waals surface area contributed by atoms with Gasteiger partial charge in [-0.25, -0.2) is 0 Å². The summed E-state index contributed by atoms with van der Waals surface area (Å²) in [6.45, 7) is 4.54. The number of aryl methyl sites for hydroxylation is 1. The molecule has 86 valence electrons. The van der Waals surface area contributed by atoms with E-state index in [4.69, 9.17) is 4.74 Å². The van der Waals surface area contributed by atoms with Gasteiger partial charge in [0, 0.05) is 19.5 Å². The van der Waals surface area contributed by atoms with Gasteiger partial charge in [0.05, 0.1) is 12.7 Å². The van der Waals surface area contributed by atoms with Gasteiger partial charge < -0.3 is 10.1 Å². The van der Waals surface area contributed by atoms with E-state index in [1.807, 2.05) is 6.92 Å². The Hall–Kier alpha value is -1.05. The van der Waals surface area contributed by atoms with Crippen molar-refractivity contribution in [2.24, 2.45) is 0 Å². The fraction of sp³-hybridized carbons (Fsp3) is 0.667. The molecular weight excluding hydrogens is 226 g/mol. The van der Waals surface area contributed by atoms with Gasteiger partial charge in [-0.3, -0.25) is 0 Å². The molecule has 3 heterocycles. The van der Waals surface area contributed by atoms with Gasteiger partial charge in [-0.2, -0.15) is 9.61 Å². The van der Waals surface area contributed by atoms with E-state index >= 15 is 0 Å². The van der Waals surface area contributed by atoms with E-state index in [1.165, 1.54) is 0 Å². The van der Waals surface area contributed by atoms with Gasteiger partial charge >= 0.3 is 0 Å². The number of morpholine rings is 1. The third-order valence-electron chi connectivity index (χ3n) is 2.60. The number of hydrogen-bond acceptors (Lipinski definition) is 6. The van der Waals surface area contributed by atoms with Crippen molar-refractivity contribution in [1.29, 1.82) is 0 Å². The highest BCUT2D eigenvalue weighted by atomic mass is 32.1. The molecule has 0 spiro atoms. The molecule has 2 aromatic rings. The highest BCUT2D eigenvalue weighted by molar-refractivity contribution is 7.16. The molecule has 1 aliphatic rings. The quantitative estimate of drug-likeness (QED) is 0.800. The Morgan fingerprint density at radius 1 is 1.56 bits per heavy atom. The molecular formula is C9H13N5OS. The zero-order valence-electron chi connectivity index (χ0n) is 9.01. The molecule has 16 heavy (non-hydrogen) atoms. The van der Waals surface area contributed by atoms with Crippen LogP contribution in [0.3, 0.4) is 0 Å². The summed E-state index contributed by atoms with van der Waals surface area (Å²) in [6, 6.07) is 0. The molecule has 0 aromatic carbocycles. The fourth-order valence-electron chi connectivity index (χ4n) is 1.78. The minimum atomic E-state index is 0.234. The van der Waals surface area contributed by atoms with Gasteiger partial charge in [0.2, 0.25) is 4.96 Å². The van der Waals surface area contributed by atoms with Crippen molar-refractivity contribution in [2.75, 3.05) is 19.7 Å². The molecule has 1 N–H and O–H groups in total. The average molecular weight is 239 g/mol. The first-order chi connectivity index (χ1) is 7.83. The molecule has 0 bridgehead atoms. The molecule has 1 aliphatic heterocycles. The van der Waals surface area contributed by atoms with E-state index in [1.54, 1.807) is 15.9 Å². The summed E-state index contributed by atoms with van der Waals surface area (Å²) in [6.07, 6.45) is 1.08. The topological polar surface area (TPSA) is 64.3 Å². The Balaban J connectivity index is 1.78. The lowest BCUT2D eigenvalue weighted by atomic mass is 10.2. The van der Waals surface area contributed by atoms with Crippen molar-refractivity contribution in [3.05, 3.63) is 10.8 Å². The molecule has 6 nitrogen and oxygen atoms in total. The first-order valence-corrected chi connectivity index (χ1v) is 6.14. The van der Waals surface area contributed by atoms with E-state index < -0.39 is 0 Å². The largest absolute Gasteiger partial charge is 0.375 e. The second-order valence-corrected chi connectivity index (χ2v) is 4.88. The van der Waals surface area contributed by atoms with Crippen molar-refractivity contribution in [3.8, 4) is 0 Å². The Bertz CT molecular complexity index is 487. The van der Waals surface area contributed by atoms with E-state index in [2.05, 4.69) is 20.6 Å². The molecule has 7 heteroatoms. The molecule has 3 rings (SSSR count). The number of fused-ring (bicyclic) bond motifs is 1. The summed E-state index contributed by atoms with van der Waals surface area (Å²) in [5.41, 5.74) is 0. The van der Waals surface area contributed by atoms with E-state index in [-0.39, 0.29) is 6.10 Å². The minimum absolute atomic E-state index is 0.234. The van der Waals surface area contributed by atoms with Crippen LogP contribution in [0, 0.1) is 6.92 Å². The smallest absolute Gasteiger partial charge is 0.234 e. The molecule has 0 saturated carbocycles. The normalized spacial score (nSPS) is 21.7. The average Bonchev–Trinajstić information content (AvgIpc) is 2.83. The van der Waals surface area contributed by atoms with Crippen LogP contribution in [0.25, 0.3) is 4.96 Å². The molecule has 2 aromatic heterocycles. The maximum absolute atomic E-state index is 5.64. The van der Waals surface area contributed by atoms with Crippen LogP contribution in [0.15, 0.2) is 0 Å². The van der Waals surface area contributed by atoms with Crippen LogP contribution in [-0.2, 0) is 11.2 Å². The third kappa shape index (κ3) is 1.81. The Morgan fingerprint density at radius 3 is 3.25 bits per heavy atom. The van der Waals surface area contributed by atoms with Gasteiger partial charge in [-0.05, 0) is 6.92 Å². The fourth-order valence-corrected chi connectivity index (χ4v) is 2.73. The first-order valence-electron chi connectivity index (χ1n) is 5.33. The molecule has 0 aliphatic carbocycles. The lowest BCUT2D eigenvalue weighted by Crippen LogP contribution is -2.39. The number of hydrogen-bond donors (Lipinski definition) is 1. The Labute approximate surface area is 96.6 Å². The number of aromatic nitrogens is 4. The number of rotatable bonds is 2. The Morgan fingerprint density at radius 2 is 2.50 bits per heavy atom.